The smallest absolute Gasteiger partial charge is 0.0931 e. The largest absolute Gasteiger partial charge is 0.374 e. The van der Waals surface area contributed by atoms with Crippen LogP contribution in [0.25, 0.3) is 10.9 Å². The third kappa shape index (κ3) is 7.42. The van der Waals surface area contributed by atoms with Crippen molar-refractivity contribution in [2.45, 2.75) is 45.8 Å². The molecule has 6 heteroatoms. The Hall–Kier alpha value is -2.16. The van der Waals surface area contributed by atoms with Gasteiger partial charge in [-0.15, -0.1) is 11.6 Å². The van der Waals surface area contributed by atoms with Crippen LogP contribution in [0, 0.1) is 11.8 Å². The molecule has 2 heterocycles. The molecule has 0 radical (unpaired) electrons. The quantitative estimate of drug-likeness (QED) is 0.300. The topological polar surface area (TPSA) is 32.2 Å². The summed E-state index contributed by atoms with van der Waals surface area (Å²) in [5.74, 6) is 7.11. The lowest BCUT2D eigenvalue weighted by atomic mass is 10.0. The number of anilines is 1. The summed E-state index contributed by atoms with van der Waals surface area (Å²) in [6, 6.07) is 17.1. The van der Waals surface area contributed by atoms with Gasteiger partial charge in [0.2, 0.25) is 0 Å². The summed E-state index contributed by atoms with van der Waals surface area (Å²) in [6.45, 7) is 8.56. The predicted octanol–water partition coefficient (Wildman–Crippen LogP) is 6.21. The number of piperidine rings is 1. The van der Waals surface area contributed by atoms with Crippen LogP contribution in [-0.2, 0) is 13.1 Å². The number of hydrogen-bond donors (Lipinski definition) is 2. The molecule has 0 aliphatic carbocycles. The van der Waals surface area contributed by atoms with Gasteiger partial charge in [-0.2, -0.15) is 0 Å². The highest BCUT2D eigenvalue weighted by Gasteiger charge is 2.16. The number of halogens is 2. The van der Waals surface area contributed by atoms with E-state index in [0.717, 1.165) is 29.5 Å². The fourth-order valence-corrected chi connectivity index (χ4v) is 4.48. The van der Waals surface area contributed by atoms with E-state index in [1.807, 2.05) is 38.1 Å². The van der Waals surface area contributed by atoms with Gasteiger partial charge in [0.1, 0.15) is 0 Å². The van der Waals surface area contributed by atoms with Gasteiger partial charge in [-0.3, -0.25) is 0 Å². The Labute approximate surface area is 214 Å². The van der Waals surface area contributed by atoms with Crippen molar-refractivity contribution in [1.82, 2.24) is 14.8 Å². The molecule has 34 heavy (non-hydrogen) atoms. The Morgan fingerprint density at radius 2 is 1.76 bits per heavy atom. The third-order valence-corrected chi connectivity index (χ3v) is 6.45. The van der Waals surface area contributed by atoms with Crippen LogP contribution in [0.1, 0.15) is 37.9 Å². The first kappa shape index (κ1) is 26.4. The summed E-state index contributed by atoms with van der Waals surface area (Å²) in [5.41, 5.74) is 4.50. The molecule has 2 aromatic carbocycles. The van der Waals surface area contributed by atoms with Crippen molar-refractivity contribution in [1.29, 1.82) is 0 Å². The Kier molecular flexibility index (Phi) is 10.6. The molecule has 1 aromatic heterocycles. The molecule has 3 aromatic rings. The number of nitrogens with one attached hydrogen (secondary N) is 2. The molecule has 0 unspecified atom stereocenters. The van der Waals surface area contributed by atoms with Crippen LogP contribution in [-0.4, -0.2) is 48.1 Å². The van der Waals surface area contributed by atoms with E-state index in [-0.39, 0.29) is 0 Å². The van der Waals surface area contributed by atoms with Crippen molar-refractivity contribution in [3.8, 4) is 11.8 Å². The summed E-state index contributed by atoms with van der Waals surface area (Å²) < 4.78 is 2.21. The zero-order valence-electron chi connectivity index (χ0n) is 20.5. The monoisotopic (exact) mass is 498 g/mol. The van der Waals surface area contributed by atoms with Gasteiger partial charge in [-0.1, -0.05) is 37.4 Å². The van der Waals surface area contributed by atoms with E-state index >= 15 is 0 Å². The molecule has 4 rings (SSSR count). The maximum absolute atomic E-state index is 6.09. The molecule has 1 saturated heterocycles. The molecule has 0 amide bonds. The van der Waals surface area contributed by atoms with E-state index in [2.05, 4.69) is 63.3 Å². The molecular formula is C28H36Cl2N4. The van der Waals surface area contributed by atoms with Crippen LogP contribution in [0.4, 0.5) is 5.69 Å². The summed E-state index contributed by atoms with van der Waals surface area (Å²) in [6.07, 6.45) is 2.43. The lowest BCUT2D eigenvalue weighted by Crippen LogP contribution is -2.40. The van der Waals surface area contributed by atoms with Crippen LogP contribution in [0.15, 0.2) is 48.5 Å². The van der Waals surface area contributed by atoms with Gasteiger partial charge >= 0.3 is 0 Å². The number of likely N-dealkylation sites (tertiary alicyclic amines) is 1. The van der Waals surface area contributed by atoms with Crippen molar-refractivity contribution < 1.29 is 0 Å². The minimum atomic E-state index is 0.556. The van der Waals surface area contributed by atoms with Crippen molar-refractivity contribution in [3.05, 3.63) is 64.8 Å². The van der Waals surface area contributed by atoms with Gasteiger partial charge in [0.15, 0.2) is 0 Å². The van der Waals surface area contributed by atoms with E-state index in [1.54, 1.807) is 0 Å². The molecule has 2 N–H and O–H groups in total. The lowest BCUT2D eigenvalue weighted by Gasteiger charge is -2.29. The average Bonchev–Trinajstić information content (AvgIpc) is 3.20. The molecule has 0 saturated carbocycles. The number of hydrogen-bond acceptors (Lipinski definition) is 3. The number of rotatable bonds is 7. The maximum atomic E-state index is 6.09. The molecule has 1 fully saturated rings. The number of alkyl halides is 1. The van der Waals surface area contributed by atoms with Crippen LogP contribution >= 0.6 is 23.2 Å². The van der Waals surface area contributed by atoms with Crippen LogP contribution in [0.3, 0.4) is 0 Å². The van der Waals surface area contributed by atoms with Crippen LogP contribution in [0.5, 0.6) is 0 Å². The second-order valence-corrected chi connectivity index (χ2v) is 9.20. The van der Waals surface area contributed by atoms with Crippen LogP contribution in [0.2, 0.25) is 5.02 Å². The van der Waals surface area contributed by atoms with Crippen molar-refractivity contribution >= 4 is 39.8 Å². The second-order valence-electron chi connectivity index (χ2n) is 8.38. The molecular weight excluding hydrogens is 463 g/mol. The van der Waals surface area contributed by atoms with E-state index in [0.29, 0.717) is 18.5 Å². The van der Waals surface area contributed by atoms with Crippen molar-refractivity contribution in [2.24, 2.45) is 0 Å². The van der Waals surface area contributed by atoms with Crippen molar-refractivity contribution in [3.63, 3.8) is 0 Å². The highest BCUT2D eigenvalue weighted by molar-refractivity contribution is 6.30. The van der Waals surface area contributed by atoms with Gasteiger partial charge < -0.3 is 20.1 Å². The lowest BCUT2D eigenvalue weighted by molar-refractivity contribution is 0.234. The summed E-state index contributed by atoms with van der Waals surface area (Å²) in [5, 5.41) is 8.98. The summed E-state index contributed by atoms with van der Waals surface area (Å²) >= 11 is 12.0. The van der Waals surface area contributed by atoms with Gasteiger partial charge in [0.25, 0.3) is 0 Å². The van der Waals surface area contributed by atoms with Gasteiger partial charge in [-0.05, 0) is 86.9 Å². The Bertz CT molecular complexity index is 1090. The Morgan fingerprint density at radius 1 is 1.03 bits per heavy atom. The van der Waals surface area contributed by atoms with E-state index in [9.17, 15) is 0 Å². The molecule has 0 spiro atoms. The number of fused-ring (bicyclic) bond motifs is 1. The predicted molar refractivity (Wildman–Crippen MR) is 148 cm³/mol. The van der Waals surface area contributed by atoms with Crippen LogP contribution < -0.4 is 10.6 Å². The fourth-order valence-electron chi connectivity index (χ4n) is 4.18. The van der Waals surface area contributed by atoms with Gasteiger partial charge in [0.05, 0.1) is 12.2 Å². The second kappa shape index (κ2) is 13.7. The minimum absolute atomic E-state index is 0.556. The van der Waals surface area contributed by atoms with E-state index in [1.165, 1.54) is 42.4 Å². The molecule has 0 atom stereocenters. The number of benzene rings is 2. The molecule has 0 bridgehead atoms. The van der Waals surface area contributed by atoms with Gasteiger partial charge in [-0.25, -0.2) is 0 Å². The maximum Gasteiger partial charge on any atom is 0.0931 e. The van der Waals surface area contributed by atoms with Crippen molar-refractivity contribution in [2.75, 3.05) is 37.9 Å². The SMILES string of the molecule is CC.CN1CCC(NCc2ccc3c(c2)cc(C#CCNc2ccc(Cl)cc2)n3CCCl)CC1. The highest BCUT2D eigenvalue weighted by Crippen LogP contribution is 2.22. The molecule has 4 nitrogen and oxygen atoms in total. The number of nitrogens with zero attached hydrogens (tertiary/aromatic N) is 2. The average molecular weight is 500 g/mol. The summed E-state index contributed by atoms with van der Waals surface area (Å²) in [4.78, 5) is 2.40. The zero-order chi connectivity index (χ0) is 24.3. The molecule has 1 aliphatic heterocycles. The fraction of sp³-hybridized carbons (Fsp3) is 0.429. The van der Waals surface area contributed by atoms with E-state index in [4.69, 9.17) is 23.2 Å². The standard InChI is InChI=1S/C26H30Cl2N4.C2H6/c1-31-14-10-24(11-15-31)30-19-20-4-9-26-21(17-20)18-25(32(26)16-12-27)3-2-13-29-23-7-5-22(28)6-8-23;1-2/h4-9,17-18,24,29-30H,10-16,19H2,1H3;1-2H3. The zero-order valence-corrected chi connectivity index (χ0v) is 22.0. The summed E-state index contributed by atoms with van der Waals surface area (Å²) in [7, 11) is 2.20. The third-order valence-electron chi connectivity index (χ3n) is 6.03. The first-order chi connectivity index (χ1) is 16.6. The normalized spacial score (nSPS) is 14.3. The first-order valence-corrected chi connectivity index (χ1v) is 13.1. The molecule has 182 valence electrons. The number of aryl methyl sites for hydroxylation is 1. The van der Waals surface area contributed by atoms with E-state index < -0.39 is 0 Å². The molecule has 1 aliphatic rings. The number of aromatic nitrogens is 1. The minimum Gasteiger partial charge on any atom is -0.374 e. The van der Waals surface area contributed by atoms with Gasteiger partial charge in [0, 0.05) is 46.6 Å². The Balaban J connectivity index is 0.00000158. The highest BCUT2D eigenvalue weighted by atomic mass is 35.5. The Morgan fingerprint density at radius 3 is 2.47 bits per heavy atom. The first-order valence-electron chi connectivity index (χ1n) is 12.2.